The van der Waals surface area contributed by atoms with Crippen LogP contribution in [0.1, 0.15) is 11.4 Å². The maximum Gasteiger partial charge on any atom is 0.146 e. The molecule has 0 saturated heterocycles. The Hall–Kier alpha value is -2.10. The van der Waals surface area contributed by atoms with E-state index < -0.39 is 0 Å². The molecule has 1 aromatic carbocycles. The van der Waals surface area contributed by atoms with Crippen LogP contribution in [-0.4, -0.2) is 10.1 Å². The molecule has 0 aliphatic carbocycles. The number of aryl methyl sites for hydroxylation is 1. The summed E-state index contributed by atoms with van der Waals surface area (Å²) in [6, 6.07) is 9.70. The summed E-state index contributed by atoms with van der Waals surface area (Å²) in [5.41, 5.74) is 1.72. The average Bonchev–Trinajstić information content (AvgIpc) is 2.32. The molecule has 17 heavy (non-hydrogen) atoms. The van der Waals surface area contributed by atoms with E-state index in [0.29, 0.717) is 11.4 Å². The first-order valence-electron chi connectivity index (χ1n) is 5.30. The molecule has 1 aromatic heterocycles. The summed E-state index contributed by atoms with van der Waals surface area (Å²) in [6.45, 7) is 2.13. The number of nitrogens with zero attached hydrogens (tertiary/aromatic N) is 1. The molecule has 0 spiro atoms. The zero-order chi connectivity index (χ0) is 12.3. The lowest BCUT2D eigenvalue weighted by atomic mass is 10.2. The minimum Gasteiger partial charge on any atom is -0.506 e. The number of hydrogen-bond acceptors (Lipinski definition) is 3. The Bertz CT molecular complexity index is 529. The number of para-hydroxylation sites is 1. The lowest BCUT2D eigenvalue weighted by Gasteiger charge is -2.08. The van der Waals surface area contributed by atoms with Gasteiger partial charge in [0.15, 0.2) is 0 Å². The molecule has 2 aromatic rings. The lowest BCUT2D eigenvalue weighted by Crippen LogP contribution is -2.04. The predicted molar refractivity (Wildman–Crippen MR) is 64.4 cm³/mol. The molecular formula is C13H13FN2O. The molecular weight excluding hydrogens is 219 g/mol. The van der Waals surface area contributed by atoms with E-state index in [1.807, 2.05) is 6.92 Å². The van der Waals surface area contributed by atoms with E-state index >= 15 is 0 Å². The summed E-state index contributed by atoms with van der Waals surface area (Å²) in [4.78, 5) is 4.18. The van der Waals surface area contributed by atoms with Crippen LogP contribution in [0.5, 0.6) is 5.75 Å². The number of aromatic hydroxyl groups is 1. The quantitative estimate of drug-likeness (QED) is 0.855. The minimum absolute atomic E-state index is 0.111. The van der Waals surface area contributed by atoms with Gasteiger partial charge in [0.05, 0.1) is 12.2 Å². The first-order chi connectivity index (χ1) is 8.16. The van der Waals surface area contributed by atoms with E-state index in [-0.39, 0.29) is 18.1 Å². The fourth-order valence-corrected chi connectivity index (χ4v) is 1.52. The Morgan fingerprint density at radius 1 is 1.24 bits per heavy atom. The Kier molecular flexibility index (Phi) is 3.23. The molecule has 88 valence electrons. The van der Waals surface area contributed by atoms with Crippen molar-refractivity contribution < 1.29 is 9.50 Å². The van der Waals surface area contributed by atoms with Gasteiger partial charge in [0.1, 0.15) is 17.3 Å². The van der Waals surface area contributed by atoms with Crippen molar-refractivity contribution in [2.45, 2.75) is 13.5 Å². The molecule has 0 atom stereocenters. The third kappa shape index (κ3) is 2.72. The highest BCUT2D eigenvalue weighted by Crippen LogP contribution is 2.18. The molecule has 0 radical (unpaired) electrons. The standard InChI is InChI=1S/C13H13FN2O/c1-9-6-7-13(17)12(16-9)8-15-11-5-3-2-4-10(11)14/h2-7,15,17H,8H2,1H3. The number of rotatable bonds is 3. The molecule has 0 bridgehead atoms. The zero-order valence-electron chi connectivity index (χ0n) is 9.44. The van der Waals surface area contributed by atoms with Crippen molar-refractivity contribution in [3.63, 3.8) is 0 Å². The molecule has 2 N–H and O–H groups in total. The van der Waals surface area contributed by atoms with E-state index in [2.05, 4.69) is 10.3 Å². The monoisotopic (exact) mass is 232 g/mol. The van der Waals surface area contributed by atoms with E-state index in [9.17, 15) is 9.50 Å². The highest BCUT2D eigenvalue weighted by atomic mass is 19.1. The van der Waals surface area contributed by atoms with Gasteiger partial charge < -0.3 is 10.4 Å². The molecule has 0 aliphatic heterocycles. The first kappa shape index (κ1) is 11.4. The van der Waals surface area contributed by atoms with Crippen LogP contribution in [0.2, 0.25) is 0 Å². The first-order valence-corrected chi connectivity index (χ1v) is 5.30. The van der Waals surface area contributed by atoms with Crippen LogP contribution in [0, 0.1) is 12.7 Å². The number of halogens is 1. The number of benzene rings is 1. The molecule has 2 rings (SSSR count). The van der Waals surface area contributed by atoms with Crippen molar-refractivity contribution in [1.82, 2.24) is 4.98 Å². The van der Waals surface area contributed by atoms with Crippen molar-refractivity contribution in [2.75, 3.05) is 5.32 Å². The predicted octanol–water partition coefficient (Wildman–Crippen LogP) is 2.85. The number of nitrogens with one attached hydrogen (secondary N) is 1. The molecule has 4 heteroatoms. The van der Waals surface area contributed by atoms with Crippen LogP contribution in [0.25, 0.3) is 0 Å². The second kappa shape index (κ2) is 4.82. The van der Waals surface area contributed by atoms with Crippen molar-refractivity contribution >= 4 is 5.69 Å². The fourth-order valence-electron chi connectivity index (χ4n) is 1.52. The van der Waals surface area contributed by atoms with E-state index in [1.54, 1.807) is 30.3 Å². The second-order valence-corrected chi connectivity index (χ2v) is 3.75. The number of pyridine rings is 1. The van der Waals surface area contributed by atoms with Crippen molar-refractivity contribution in [3.8, 4) is 5.75 Å². The lowest BCUT2D eigenvalue weighted by molar-refractivity contribution is 0.464. The molecule has 3 nitrogen and oxygen atoms in total. The van der Waals surface area contributed by atoms with E-state index in [4.69, 9.17) is 0 Å². The molecule has 1 heterocycles. The van der Waals surface area contributed by atoms with Gasteiger partial charge in [-0.2, -0.15) is 0 Å². The van der Waals surface area contributed by atoms with Gasteiger partial charge >= 0.3 is 0 Å². The van der Waals surface area contributed by atoms with Crippen LogP contribution in [0.3, 0.4) is 0 Å². The number of aromatic nitrogens is 1. The van der Waals surface area contributed by atoms with Crippen molar-refractivity contribution in [3.05, 3.63) is 53.6 Å². The maximum atomic E-state index is 13.3. The van der Waals surface area contributed by atoms with E-state index in [0.717, 1.165) is 5.69 Å². The average molecular weight is 232 g/mol. The van der Waals surface area contributed by atoms with Crippen molar-refractivity contribution in [1.29, 1.82) is 0 Å². The third-order valence-corrected chi connectivity index (χ3v) is 2.41. The summed E-state index contributed by atoms with van der Waals surface area (Å²) in [6.07, 6.45) is 0. The van der Waals surface area contributed by atoms with Crippen molar-refractivity contribution in [2.24, 2.45) is 0 Å². The van der Waals surface area contributed by atoms with Gasteiger partial charge in [-0.3, -0.25) is 4.98 Å². The molecule has 0 saturated carbocycles. The highest BCUT2D eigenvalue weighted by Gasteiger charge is 2.05. The summed E-state index contributed by atoms with van der Waals surface area (Å²) < 4.78 is 13.3. The number of hydrogen-bond donors (Lipinski definition) is 2. The molecule has 0 unspecified atom stereocenters. The Morgan fingerprint density at radius 2 is 2.00 bits per heavy atom. The van der Waals surface area contributed by atoms with Gasteiger partial charge in [-0.05, 0) is 31.2 Å². The normalized spacial score (nSPS) is 10.2. The molecule has 0 amide bonds. The van der Waals surface area contributed by atoms with Gasteiger partial charge in [0.25, 0.3) is 0 Å². The third-order valence-electron chi connectivity index (χ3n) is 2.41. The van der Waals surface area contributed by atoms with Crippen LogP contribution in [0.4, 0.5) is 10.1 Å². The van der Waals surface area contributed by atoms with Gasteiger partial charge in [-0.15, -0.1) is 0 Å². The summed E-state index contributed by atoms with van der Waals surface area (Å²) in [7, 11) is 0. The second-order valence-electron chi connectivity index (χ2n) is 3.75. The summed E-state index contributed by atoms with van der Waals surface area (Å²) >= 11 is 0. The van der Waals surface area contributed by atoms with Gasteiger partial charge in [0, 0.05) is 5.69 Å². The Morgan fingerprint density at radius 3 is 2.76 bits per heavy atom. The fraction of sp³-hybridized carbons (Fsp3) is 0.154. The van der Waals surface area contributed by atoms with Gasteiger partial charge in [-0.25, -0.2) is 4.39 Å². The largest absolute Gasteiger partial charge is 0.506 e. The SMILES string of the molecule is Cc1ccc(O)c(CNc2ccccc2F)n1. The Labute approximate surface area is 98.9 Å². The topological polar surface area (TPSA) is 45.1 Å². The van der Waals surface area contributed by atoms with Gasteiger partial charge in [0.2, 0.25) is 0 Å². The highest BCUT2D eigenvalue weighted by molar-refractivity contribution is 5.45. The van der Waals surface area contributed by atoms with Crippen LogP contribution < -0.4 is 5.32 Å². The summed E-state index contributed by atoms with van der Waals surface area (Å²) in [5, 5.41) is 12.5. The molecule has 0 fully saturated rings. The van der Waals surface area contributed by atoms with Gasteiger partial charge in [-0.1, -0.05) is 12.1 Å². The smallest absolute Gasteiger partial charge is 0.146 e. The minimum atomic E-state index is -0.320. The van der Waals surface area contributed by atoms with E-state index in [1.165, 1.54) is 6.07 Å². The summed E-state index contributed by atoms with van der Waals surface area (Å²) in [5.74, 6) is -0.209. The van der Waals surface area contributed by atoms with Crippen LogP contribution in [-0.2, 0) is 6.54 Å². The van der Waals surface area contributed by atoms with Crippen LogP contribution >= 0.6 is 0 Å². The molecule has 0 aliphatic rings. The van der Waals surface area contributed by atoms with Crippen LogP contribution in [0.15, 0.2) is 36.4 Å². The zero-order valence-corrected chi connectivity index (χ0v) is 9.44. The Balaban J connectivity index is 2.12. The number of anilines is 1. The maximum absolute atomic E-state index is 13.3.